The Hall–Kier alpha value is -2.07. The van der Waals surface area contributed by atoms with Crippen LogP contribution in [0.2, 0.25) is 0 Å². The number of rotatable bonds is 6. The van der Waals surface area contributed by atoms with Gasteiger partial charge < -0.3 is 14.8 Å². The molecule has 0 saturated carbocycles. The molecule has 1 aromatic heterocycles. The SMILES string of the molecule is CC(SSc1ncc(C(=O)O)n1C1CCc2c(F)cc(F)cc2C1)C(=O)O. The molecule has 0 saturated heterocycles. The Morgan fingerprint density at radius 2 is 2.07 bits per heavy atom. The maximum Gasteiger partial charge on any atom is 0.354 e. The van der Waals surface area contributed by atoms with Gasteiger partial charge in [0.05, 0.1) is 6.20 Å². The van der Waals surface area contributed by atoms with Crippen molar-refractivity contribution in [2.75, 3.05) is 0 Å². The van der Waals surface area contributed by atoms with Crippen LogP contribution in [0.3, 0.4) is 0 Å². The van der Waals surface area contributed by atoms with Gasteiger partial charge in [-0.1, -0.05) is 10.8 Å². The van der Waals surface area contributed by atoms with Gasteiger partial charge in [-0.05, 0) is 54.2 Å². The normalized spacial score (nSPS) is 17.4. The van der Waals surface area contributed by atoms with Crippen LogP contribution < -0.4 is 0 Å². The number of carbonyl (C=O) groups is 2. The van der Waals surface area contributed by atoms with Gasteiger partial charge in [-0.3, -0.25) is 4.79 Å². The molecule has 2 unspecified atom stereocenters. The molecule has 0 fully saturated rings. The minimum Gasteiger partial charge on any atom is -0.480 e. The third-order valence-electron chi connectivity index (χ3n) is 4.40. The Morgan fingerprint density at radius 3 is 2.74 bits per heavy atom. The van der Waals surface area contributed by atoms with Gasteiger partial charge in [0.1, 0.15) is 22.6 Å². The van der Waals surface area contributed by atoms with E-state index in [2.05, 4.69) is 4.98 Å². The van der Waals surface area contributed by atoms with E-state index in [1.165, 1.54) is 23.8 Å². The van der Waals surface area contributed by atoms with Gasteiger partial charge >= 0.3 is 11.9 Å². The summed E-state index contributed by atoms with van der Waals surface area (Å²) >= 11 is 0. The number of carboxylic acid groups (broad SMARTS) is 2. The fourth-order valence-corrected chi connectivity index (χ4v) is 5.12. The molecule has 0 radical (unpaired) electrons. The van der Waals surface area contributed by atoms with Crippen molar-refractivity contribution in [2.24, 2.45) is 0 Å². The van der Waals surface area contributed by atoms with E-state index in [0.717, 1.165) is 27.7 Å². The van der Waals surface area contributed by atoms with E-state index in [9.17, 15) is 23.5 Å². The lowest BCUT2D eigenvalue weighted by atomic mass is 9.87. The molecule has 2 N–H and O–H groups in total. The Morgan fingerprint density at radius 1 is 1.33 bits per heavy atom. The molecule has 2 atom stereocenters. The van der Waals surface area contributed by atoms with Gasteiger partial charge in [0.2, 0.25) is 0 Å². The highest BCUT2D eigenvalue weighted by atomic mass is 33.1. The number of fused-ring (bicyclic) bond motifs is 1. The van der Waals surface area contributed by atoms with Crippen molar-refractivity contribution < 1.29 is 28.6 Å². The number of aromatic carboxylic acids is 1. The van der Waals surface area contributed by atoms with Gasteiger partial charge in [0, 0.05) is 12.1 Å². The number of carboxylic acids is 2. The zero-order valence-corrected chi connectivity index (χ0v) is 15.8. The number of hydrogen-bond donors (Lipinski definition) is 2. The summed E-state index contributed by atoms with van der Waals surface area (Å²) < 4.78 is 29.1. The number of aromatic nitrogens is 2. The van der Waals surface area contributed by atoms with Crippen LogP contribution in [0, 0.1) is 11.6 Å². The Labute approximate surface area is 161 Å². The summed E-state index contributed by atoms with van der Waals surface area (Å²) in [7, 11) is 2.13. The van der Waals surface area contributed by atoms with Crippen molar-refractivity contribution in [3.8, 4) is 0 Å². The second-order valence-corrected chi connectivity index (χ2v) is 8.69. The largest absolute Gasteiger partial charge is 0.480 e. The number of halogens is 2. The van der Waals surface area contributed by atoms with E-state index in [-0.39, 0.29) is 18.2 Å². The van der Waals surface area contributed by atoms with Gasteiger partial charge in [-0.25, -0.2) is 18.6 Å². The maximum absolute atomic E-state index is 14.0. The number of nitrogens with zero attached hydrogens (tertiary/aromatic N) is 2. The average Bonchev–Trinajstić information content (AvgIpc) is 3.03. The molecule has 2 aromatic rings. The van der Waals surface area contributed by atoms with Crippen LogP contribution in [0.15, 0.2) is 23.5 Å². The van der Waals surface area contributed by atoms with Crippen LogP contribution in [0.1, 0.15) is 41.0 Å². The summed E-state index contributed by atoms with van der Waals surface area (Å²) in [6, 6.07) is 1.79. The second kappa shape index (κ2) is 7.89. The molecule has 1 aliphatic carbocycles. The minimum atomic E-state index is -1.16. The first kappa shape index (κ1) is 19.7. The molecule has 6 nitrogen and oxygen atoms in total. The average molecular weight is 414 g/mol. The molecule has 0 bridgehead atoms. The van der Waals surface area contributed by atoms with E-state index in [1.54, 1.807) is 0 Å². The summed E-state index contributed by atoms with van der Waals surface area (Å²) in [5.41, 5.74) is 0.926. The Kier molecular flexibility index (Phi) is 5.75. The molecule has 0 spiro atoms. The lowest BCUT2D eigenvalue weighted by Gasteiger charge is -2.28. The number of hydrogen-bond acceptors (Lipinski definition) is 5. The zero-order chi connectivity index (χ0) is 19.7. The van der Waals surface area contributed by atoms with Gasteiger partial charge in [0.25, 0.3) is 0 Å². The third kappa shape index (κ3) is 4.11. The fraction of sp³-hybridized carbons (Fsp3) is 0.353. The molecule has 144 valence electrons. The number of aliphatic carboxylic acids is 1. The third-order valence-corrected chi connectivity index (χ3v) is 7.04. The molecule has 0 amide bonds. The van der Waals surface area contributed by atoms with Crippen molar-refractivity contribution in [3.63, 3.8) is 0 Å². The van der Waals surface area contributed by atoms with Crippen LogP contribution in [-0.4, -0.2) is 37.0 Å². The highest BCUT2D eigenvalue weighted by molar-refractivity contribution is 8.77. The van der Waals surface area contributed by atoms with Gasteiger partial charge in [-0.2, -0.15) is 0 Å². The first-order valence-electron chi connectivity index (χ1n) is 8.11. The summed E-state index contributed by atoms with van der Waals surface area (Å²) in [4.78, 5) is 26.7. The van der Waals surface area contributed by atoms with E-state index in [4.69, 9.17) is 5.11 Å². The number of benzene rings is 1. The molecule has 1 aromatic carbocycles. The lowest BCUT2D eigenvalue weighted by molar-refractivity contribution is -0.136. The molecular weight excluding hydrogens is 398 g/mol. The van der Waals surface area contributed by atoms with Crippen LogP contribution in [0.25, 0.3) is 0 Å². The summed E-state index contributed by atoms with van der Waals surface area (Å²) in [6.45, 7) is 1.52. The topological polar surface area (TPSA) is 92.4 Å². The predicted molar refractivity (Wildman–Crippen MR) is 97.2 cm³/mol. The van der Waals surface area contributed by atoms with Crippen molar-refractivity contribution in [3.05, 3.63) is 46.8 Å². The minimum absolute atomic E-state index is 0.0357. The van der Waals surface area contributed by atoms with E-state index >= 15 is 0 Å². The van der Waals surface area contributed by atoms with Gasteiger partial charge in [-0.15, -0.1) is 0 Å². The summed E-state index contributed by atoms with van der Waals surface area (Å²) in [5.74, 6) is -3.41. The second-order valence-electron chi connectivity index (χ2n) is 6.18. The molecule has 27 heavy (non-hydrogen) atoms. The monoisotopic (exact) mass is 414 g/mol. The molecule has 3 rings (SSSR count). The zero-order valence-electron chi connectivity index (χ0n) is 14.2. The quantitative estimate of drug-likeness (QED) is 0.695. The van der Waals surface area contributed by atoms with E-state index in [1.807, 2.05) is 0 Å². The fourth-order valence-electron chi connectivity index (χ4n) is 3.08. The van der Waals surface area contributed by atoms with Crippen LogP contribution in [0.4, 0.5) is 8.78 Å². The molecule has 0 aliphatic heterocycles. The predicted octanol–water partition coefficient (Wildman–Crippen LogP) is 3.80. The molecule has 10 heteroatoms. The highest BCUT2D eigenvalue weighted by Crippen LogP contribution is 2.39. The first-order chi connectivity index (χ1) is 12.8. The van der Waals surface area contributed by atoms with Crippen molar-refractivity contribution in [2.45, 2.75) is 42.6 Å². The summed E-state index contributed by atoms with van der Waals surface area (Å²) in [6.07, 6.45) is 2.32. The molecule has 1 aliphatic rings. The van der Waals surface area contributed by atoms with E-state index < -0.39 is 28.8 Å². The van der Waals surface area contributed by atoms with Crippen molar-refractivity contribution >= 4 is 33.5 Å². The molecule has 1 heterocycles. The molecular formula is C17H16F2N2O4S2. The van der Waals surface area contributed by atoms with Crippen LogP contribution in [-0.2, 0) is 17.6 Å². The van der Waals surface area contributed by atoms with Crippen LogP contribution >= 0.6 is 21.6 Å². The standard InChI is InChI=1S/C17H16F2N2O4S2/c1-8(15(22)23)26-27-17-20-7-14(16(24)25)21(17)11-2-3-12-9(5-11)4-10(18)6-13(12)19/h4,6-8,11H,2-3,5H2,1H3,(H,22,23)(H,24,25). The smallest absolute Gasteiger partial charge is 0.354 e. The lowest BCUT2D eigenvalue weighted by Crippen LogP contribution is -2.23. The van der Waals surface area contributed by atoms with Crippen molar-refractivity contribution in [1.29, 1.82) is 0 Å². The van der Waals surface area contributed by atoms with Crippen LogP contribution in [0.5, 0.6) is 0 Å². The highest BCUT2D eigenvalue weighted by Gasteiger charge is 2.29. The van der Waals surface area contributed by atoms with Crippen molar-refractivity contribution in [1.82, 2.24) is 9.55 Å². The Bertz CT molecular complexity index is 903. The first-order valence-corrected chi connectivity index (χ1v) is 10.3. The van der Waals surface area contributed by atoms with E-state index in [0.29, 0.717) is 29.1 Å². The maximum atomic E-state index is 14.0. The van der Waals surface area contributed by atoms with Gasteiger partial charge in [0.15, 0.2) is 5.16 Å². The Balaban J connectivity index is 1.92. The summed E-state index contributed by atoms with van der Waals surface area (Å²) in [5, 5.41) is 18.1. The number of imidazole rings is 1.